The summed E-state index contributed by atoms with van der Waals surface area (Å²) in [5.41, 5.74) is 0.328. The second-order valence-corrected chi connectivity index (χ2v) is 4.66. The number of nitrogens with one attached hydrogen (secondary N) is 3. The van der Waals surface area contributed by atoms with Crippen LogP contribution in [-0.4, -0.2) is 28.6 Å². The van der Waals surface area contributed by atoms with Crippen LogP contribution in [0.2, 0.25) is 0 Å². The minimum Gasteiger partial charge on any atom is -0.444 e. The van der Waals surface area contributed by atoms with Gasteiger partial charge in [-0.1, -0.05) is 0 Å². The summed E-state index contributed by atoms with van der Waals surface area (Å²) in [4.78, 5) is 23.8. The lowest BCUT2D eigenvalue weighted by atomic mass is 10.3. The Morgan fingerprint density at radius 1 is 1.43 bits per heavy atom. The van der Waals surface area contributed by atoms with Gasteiger partial charge in [-0.15, -0.1) is 0 Å². The summed E-state index contributed by atoms with van der Waals surface area (Å²) in [6, 6.07) is 4.99. The first-order valence-corrected chi connectivity index (χ1v) is 6.66. The second kappa shape index (κ2) is 6.71. The molecule has 8 nitrogen and oxygen atoms in total. The number of amides is 2. The highest BCUT2D eigenvalue weighted by Crippen LogP contribution is 2.17. The number of hydrogen-bond donors (Lipinski definition) is 3. The molecule has 0 aliphatic heterocycles. The van der Waals surface area contributed by atoms with E-state index in [0.717, 1.165) is 0 Å². The summed E-state index contributed by atoms with van der Waals surface area (Å²) >= 11 is 3.10. The largest absolute Gasteiger partial charge is 0.444 e. The molecule has 2 aromatic heterocycles. The number of aromatic nitrogens is 2. The summed E-state index contributed by atoms with van der Waals surface area (Å²) in [5.74, 6) is -0.870. The molecule has 2 amide bonds. The molecule has 21 heavy (non-hydrogen) atoms. The van der Waals surface area contributed by atoms with Crippen LogP contribution in [0.25, 0.3) is 0 Å². The summed E-state index contributed by atoms with van der Waals surface area (Å²) in [6.45, 7) is 0.215. The van der Waals surface area contributed by atoms with Crippen molar-refractivity contribution in [2.24, 2.45) is 0 Å². The minimum atomic E-state index is -0.506. The molecule has 0 unspecified atom stereocenters. The molecule has 0 fully saturated rings. The Balaban J connectivity index is 2.05. The molecule has 0 atom stereocenters. The van der Waals surface area contributed by atoms with Crippen LogP contribution in [0.1, 0.15) is 27.5 Å². The van der Waals surface area contributed by atoms with E-state index in [4.69, 9.17) is 9.68 Å². The average molecular weight is 352 g/mol. The van der Waals surface area contributed by atoms with Gasteiger partial charge in [0.15, 0.2) is 10.4 Å². The molecule has 2 heterocycles. The van der Waals surface area contributed by atoms with Crippen molar-refractivity contribution in [3.63, 3.8) is 0 Å². The lowest BCUT2D eigenvalue weighted by Gasteiger charge is -2.04. The Kier molecular flexibility index (Phi) is 4.73. The van der Waals surface area contributed by atoms with Gasteiger partial charge in [0.25, 0.3) is 11.8 Å². The number of anilines is 1. The quantitative estimate of drug-likeness (QED) is 0.706. The van der Waals surface area contributed by atoms with Crippen LogP contribution in [-0.2, 0) is 0 Å². The van der Waals surface area contributed by atoms with E-state index in [9.17, 15) is 9.59 Å². The van der Waals surface area contributed by atoms with Gasteiger partial charge < -0.3 is 15.1 Å². The normalized spacial score (nSPS) is 9.90. The van der Waals surface area contributed by atoms with E-state index in [1.165, 1.54) is 12.3 Å². The van der Waals surface area contributed by atoms with E-state index in [1.807, 2.05) is 6.07 Å². The monoisotopic (exact) mass is 351 g/mol. The van der Waals surface area contributed by atoms with E-state index in [0.29, 0.717) is 4.67 Å². The van der Waals surface area contributed by atoms with Crippen molar-refractivity contribution in [1.82, 2.24) is 15.5 Å². The Morgan fingerprint density at radius 2 is 2.24 bits per heavy atom. The fourth-order valence-corrected chi connectivity index (χ4v) is 1.80. The highest BCUT2D eigenvalue weighted by Gasteiger charge is 2.18. The predicted molar refractivity (Wildman–Crippen MR) is 75.5 cm³/mol. The zero-order valence-electron chi connectivity index (χ0n) is 10.6. The van der Waals surface area contributed by atoms with E-state index >= 15 is 0 Å². The summed E-state index contributed by atoms with van der Waals surface area (Å²) < 4.78 is 5.54. The Hall–Kier alpha value is -2.60. The maximum Gasteiger partial charge on any atom is 0.291 e. The average Bonchev–Trinajstić information content (AvgIpc) is 3.08. The highest BCUT2D eigenvalue weighted by molar-refractivity contribution is 9.10. The van der Waals surface area contributed by atoms with Crippen LogP contribution in [0.15, 0.2) is 27.4 Å². The number of rotatable bonds is 5. The van der Waals surface area contributed by atoms with Gasteiger partial charge in [-0.3, -0.25) is 14.7 Å². The molecule has 2 aromatic rings. The SMILES string of the molecule is N#CCCNC(=O)c1[nH]ncc1NC(=O)c1ccc(Br)o1. The third kappa shape index (κ3) is 3.70. The van der Waals surface area contributed by atoms with Crippen molar-refractivity contribution in [3.05, 3.63) is 34.5 Å². The number of halogens is 1. The van der Waals surface area contributed by atoms with Gasteiger partial charge in [0.05, 0.1) is 24.4 Å². The maximum atomic E-state index is 11.9. The molecule has 3 N–H and O–H groups in total. The number of carbonyl (C=O) groups is 2. The molecule has 0 aromatic carbocycles. The minimum absolute atomic E-state index is 0.0962. The van der Waals surface area contributed by atoms with E-state index in [1.54, 1.807) is 6.07 Å². The van der Waals surface area contributed by atoms with Crippen LogP contribution in [0.4, 0.5) is 5.69 Å². The summed E-state index contributed by atoms with van der Waals surface area (Å²) in [5, 5.41) is 19.7. The highest BCUT2D eigenvalue weighted by atomic mass is 79.9. The smallest absolute Gasteiger partial charge is 0.291 e. The lowest BCUT2D eigenvalue weighted by molar-refractivity contribution is 0.0950. The van der Waals surface area contributed by atoms with Gasteiger partial charge >= 0.3 is 0 Å². The maximum absolute atomic E-state index is 11.9. The Bertz CT molecular complexity index is 700. The molecule has 0 aliphatic carbocycles. The first kappa shape index (κ1) is 14.8. The molecule has 0 saturated carbocycles. The number of hydrogen-bond acceptors (Lipinski definition) is 5. The summed E-state index contributed by atoms with van der Waals surface area (Å²) in [7, 11) is 0. The van der Waals surface area contributed by atoms with E-state index in [-0.39, 0.29) is 30.1 Å². The molecule has 0 aliphatic rings. The van der Waals surface area contributed by atoms with Crippen molar-refractivity contribution in [3.8, 4) is 6.07 Å². The van der Waals surface area contributed by atoms with Gasteiger partial charge in [-0.2, -0.15) is 10.4 Å². The van der Waals surface area contributed by atoms with Crippen LogP contribution >= 0.6 is 15.9 Å². The first-order valence-electron chi connectivity index (χ1n) is 5.87. The van der Waals surface area contributed by atoms with Gasteiger partial charge in [0.2, 0.25) is 0 Å². The van der Waals surface area contributed by atoms with Crippen molar-refractivity contribution >= 4 is 33.4 Å². The molecular weight excluding hydrogens is 342 g/mol. The van der Waals surface area contributed by atoms with Crippen molar-refractivity contribution in [1.29, 1.82) is 5.26 Å². The van der Waals surface area contributed by atoms with Crippen LogP contribution in [0, 0.1) is 11.3 Å². The van der Waals surface area contributed by atoms with E-state index < -0.39 is 11.8 Å². The second-order valence-electron chi connectivity index (χ2n) is 3.88. The number of aromatic amines is 1. The Morgan fingerprint density at radius 3 is 2.90 bits per heavy atom. The predicted octanol–water partition coefficient (Wildman–Crippen LogP) is 1.66. The lowest BCUT2D eigenvalue weighted by Crippen LogP contribution is -2.26. The molecule has 0 bridgehead atoms. The molecular formula is C12H10BrN5O3. The van der Waals surface area contributed by atoms with Crippen LogP contribution < -0.4 is 10.6 Å². The molecule has 2 rings (SSSR count). The van der Waals surface area contributed by atoms with Crippen molar-refractivity contribution in [2.75, 3.05) is 11.9 Å². The van der Waals surface area contributed by atoms with Crippen LogP contribution in [0.5, 0.6) is 0 Å². The standard InChI is InChI=1S/C12H10BrN5O3/c13-9-3-2-8(21-9)11(19)17-7-6-16-18-10(7)12(20)15-5-1-4-14/h2-3,6H,1,5H2,(H,15,20)(H,16,18)(H,17,19). The molecule has 9 heteroatoms. The van der Waals surface area contributed by atoms with Gasteiger partial charge in [-0.25, -0.2) is 0 Å². The van der Waals surface area contributed by atoms with E-state index in [2.05, 4.69) is 36.8 Å². The van der Waals surface area contributed by atoms with Crippen molar-refractivity contribution in [2.45, 2.75) is 6.42 Å². The fourth-order valence-electron chi connectivity index (χ4n) is 1.49. The molecule has 0 spiro atoms. The third-order valence-electron chi connectivity index (χ3n) is 2.43. The molecule has 0 saturated heterocycles. The fraction of sp³-hybridized carbons (Fsp3) is 0.167. The Labute approximate surface area is 127 Å². The molecule has 0 radical (unpaired) electrons. The topological polar surface area (TPSA) is 124 Å². The zero-order valence-corrected chi connectivity index (χ0v) is 12.2. The number of nitrogens with zero attached hydrogens (tertiary/aromatic N) is 2. The van der Waals surface area contributed by atoms with Gasteiger partial charge in [0, 0.05) is 6.54 Å². The number of carbonyl (C=O) groups excluding carboxylic acids is 2. The number of furan rings is 1. The number of H-pyrrole nitrogens is 1. The number of nitriles is 1. The van der Waals surface area contributed by atoms with Gasteiger partial charge in [0.1, 0.15) is 5.69 Å². The first-order chi connectivity index (χ1) is 10.1. The van der Waals surface area contributed by atoms with Gasteiger partial charge in [-0.05, 0) is 28.1 Å². The summed E-state index contributed by atoms with van der Waals surface area (Å²) in [6.07, 6.45) is 1.51. The van der Waals surface area contributed by atoms with Crippen LogP contribution in [0.3, 0.4) is 0 Å². The zero-order chi connectivity index (χ0) is 15.2. The third-order valence-corrected chi connectivity index (χ3v) is 2.86. The van der Waals surface area contributed by atoms with Crippen molar-refractivity contribution < 1.29 is 14.0 Å². The molecule has 108 valence electrons.